The lowest BCUT2D eigenvalue weighted by molar-refractivity contribution is -0.137. The van der Waals surface area contributed by atoms with Crippen LogP contribution in [0, 0.1) is 25.7 Å². The third kappa shape index (κ3) is 7.11. The van der Waals surface area contributed by atoms with Gasteiger partial charge in [0, 0.05) is 32.7 Å². The fraction of sp³-hybridized carbons (Fsp3) is 0.324. The van der Waals surface area contributed by atoms with E-state index >= 15 is 0 Å². The Morgan fingerprint density at radius 3 is 2.52 bits per heavy atom. The molecular weight excluding hydrogens is 569 g/mol. The van der Waals surface area contributed by atoms with Crippen LogP contribution in [0.15, 0.2) is 60.7 Å². The minimum absolute atomic E-state index is 0.0352. The predicted octanol–water partition coefficient (Wildman–Crippen LogP) is 7.26. The molecule has 1 aromatic heterocycles. The van der Waals surface area contributed by atoms with E-state index in [4.69, 9.17) is 9.47 Å². The van der Waals surface area contributed by atoms with Crippen molar-refractivity contribution in [3.8, 4) is 34.5 Å². The number of aliphatic hydroxyl groups is 2. The van der Waals surface area contributed by atoms with Crippen LogP contribution in [-0.2, 0) is 11.4 Å². The van der Waals surface area contributed by atoms with Crippen molar-refractivity contribution in [1.29, 1.82) is 0 Å². The number of thioether (sulfide) groups is 1. The Morgan fingerprint density at radius 1 is 1.07 bits per heavy atom. The topological polar surface area (TPSA) is 96.2 Å². The summed E-state index contributed by atoms with van der Waals surface area (Å²) in [7, 11) is 0. The van der Waals surface area contributed by atoms with Gasteiger partial charge >= 0.3 is 5.97 Å². The number of carboxylic acid groups (broad SMARTS) is 1. The lowest BCUT2D eigenvalue weighted by atomic mass is 9.96. The molecule has 218 valence electrons. The summed E-state index contributed by atoms with van der Waals surface area (Å²) >= 11 is 2.92. The summed E-state index contributed by atoms with van der Waals surface area (Å²) in [5.41, 5.74) is 5.35. The van der Waals surface area contributed by atoms with Crippen LogP contribution in [0.5, 0.6) is 11.5 Å². The molecule has 0 spiro atoms. The van der Waals surface area contributed by atoms with Gasteiger partial charge in [-0.1, -0.05) is 41.9 Å². The maximum Gasteiger partial charge on any atom is 0.304 e. The van der Waals surface area contributed by atoms with E-state index in [1.54, 1.807) is 18.3 Å². The lowest BCUT2D eigenvalue weighted by Gasteiger charge is -2.32. The maximum atomic E-state index is 11.2. The van der Waals surface area contributed by atoms with E-state index in [1.165, 1.54) is 20.5 Å². The van der Waals surface area contributed by atoms with Gasteiger partial charge in [0.1, 0.15) is 24.2 Å². The van der Waals surface area contributed by atoms with E-state index in [2.05, 4.69) is 50.0 Å². The number of carboxylic acids is 1. The summed E-state index contributed by atoms with van der Waals surface area (Å²) in [5, 5.41) is 28.6. The molecule has 0 bridgehead atoms. The zero-order chi connectivity index (χ0) is 29.9. The smallest absolute Gasteiger partial charge is 0.304 e. The molecule has 0 radical (unpaired) electrons. The average molecular weight is 603 g/mol. The molecule has 3 N–H and O–H groups in total. The van der Waals surface area contributed by atoms with Crippen molar-refractivity contribution in [3.63, 3.8) is 0 Å². The third-order valence-corrected chi connectivity index (χ3v) is 9.51. The Hall–Kier alpha value is -3.48. The standard InChI is InChI=1S/C34H34O6S2/c1-4-5-25(18-32(35)36)24-7-9-26(10-8-24)39-20-23-6-13-31-30(17-23)33(22(3)42-31)29-12-11-27(16-21(29)2)40-28-14-15-41-34(37,38)19-28/h6-13,16-17,25,28,37-38H,14-15,18-20H2,1-3H3,(H,35,36). The molecule has 1 aliphatic rings. The Bertz CT molecular complexity index is 1640. The second-order valence-corrected chi connectivity index (χ2v) is 13.2. The van der Waals surface area contributed by atoms with Crippen LogP contribution in [0.2, 0.25) is 0 Å². The molecule has 0 aliphatic carbocycles. The first kappa shape index (κ1) is 30.0. The Kier molecular flexibility index (Phi) is 9.14. The highest BCUT2D eigenvalue weighted by molar-refractivity contribution is 8.00. The van der Waals surface area contributed by atoms with E-state index in [0.29, 0.717) is 18.1 Å². The second kappa shape index (κ2) is 12.8. The van der Waals surface area contributed by atoms with Crippen molar-refractivity contribution in [1.82, 2.24) is 0 Å². The van der Waals surface area contributed by atoms with Crippen LogP contribution in [-0.4, -0.2) is 38.3 Å². The van der Waals surface area contributed by atoms with E-state index in [1.807, 2.05) is 36.4 Å². The van der Waals surface area contributed by atoms with Crippen molar-refractivity contribution in [3.05, 3.63) is 82.2 Å². The minimum Gasteiger partial charge on any atom is -0.490 e. The Labute approximate surface area is 254 Å². The summed E-state index contributed by atoms with van der Waals surface area (Å²) < 4.78 is 13.4. The highest BCUT2D eigenvalue weighted by Crippen LogP contribution is 2.41. The number of thiophene rings is 1. The van der Waals surface area contributed by atoms with Crippen LogP contribution in [0.3, 0.4) is 0 Å². The van der Waals surface area contributed by atoms with Gasteiger partial charge in [-0.15, -0.1) is 17.3 Å². The first-order chi connectivity index (χ1) is 20.1. The maximum absolute atomic E-state index is 11.2. The van der Waals surface area contributed by atoms with Crippen LogP contribution in [0.4, 0.5) is 0 Å². The van der Waals surface area contributed by atoms with Gasteiger partial charge in [0.05, 0.1) is 12.3 Å². The number of rotatable bonds is 9. The minimum atomic E-state index is -1.73. The number of aryl methyl sites for hydroxylation is 2. The fourth-order valence-corrected chi connectivity index (χ4v) is 7.42. The van der Waals surface area contributed by atoms with Crippen molar-refractivity contribution in [2.75, 3.05) is 5.75 Å². The van der Waals surface area contributed by atoms with Gasteiger partial charge in [-0.05, 0) is 85.8 Å². The molecule has 3 aromatic carbocycles. The molecule has 2 heterocycles. The summed E-state index contributed by atoms with van der Waals surface area (Å²) in [6, 6.07) is 20.0. The van der Waals surface area contributed by atoms with Crippen LogP contribution in [0.1, 0.15) is 53.7 Å². The molecule has 2 unspecified atom stereocenters. The van der Waals surface area contributed by atoms with E-state index in [0.717, 1.165) is 46.2 Å². The van der Waals surface area contributed by atoms with Crippen molar-refractivity contribution >= 4 is 39.2 Å². The monoisotopic (exact) mass is 602 g/mol. The second-order valence-electron chi connectivity index (χ2n) is 10.6. The van der Waals surface area contributed by atoms with Gasteiger partial charge in [0.25, 0.3) is 0 Å². The first-order valence-corrected chi connectivity index (χ1v) is 15.7. The van der Waals surface area contributed by atoms with E-state index < -0.39 is 11.1 Å². The van der Waals surface area contributed by atoms with Gasteiger partial charge < -0.3 is 24.8 Å². The molecular formula is C34H34O6S2. The molecule has 0 saturated carbocycles. The normalized spacial score (nSPS) is 16.8. The van der Waals surface area contributed by atoms with Crippen LogP contribution >= 0.6 is 23.1 Å². The molecule has 1 aliphatic heterocycles. The molecule has 1 saturated heterocycles. The molecule has 6 nitrogen and oxygen atoms in total. The highest BCUT2D eigenvalue weighted by atomic mass is 32.2. The molecule has 2 atom stereocenters. The summed E-state index contributed by atoms with van der Waals surface area (Å²) in [6.07, 6.45) is 0.689. The van der Waals surface area contributed by atoms with Gasteiger partial charge in [-0.3, -0.25) is 4.79 Å². The van der Waals surface area contributed by atoms with E-state index in [9.17, 15) is 20.1 Å². The van der Waals surface area contributed by atoms with Gasteiger partial charge in [-0.25, -0.2) is 0 Å². The van der Waals surface area contributed by atoms with Crippen molar-refractivity contribution < 1.29 is 29.6 Å². The number of carbonyl (C=O) groups is 1. The Balaban J connectivity index is 1.32. The molecule has 42 heavy (non-hydrogen) atoms. The largest absolute Gasteiger partial charge is 0.490 e. The zero-order valence-corrected chi connectivity index (χ0v) is 25.5. The first-order valence-electron chi connectivity index (χ1n) is 13.9. The summed E-state index contributed by atoms with van der Waals surface area (Å²) in [4.78, 5) is 12.4. The number of hydrogen-bond donors (Lipinski definition) is 3. The molecule has 0 amide bonds. The number of aliphatic carboxylic acids is 1. The highest BCUT2D eigenvalue weighted by Gasteiger charge is 2.34. The SMILES string of the molecule is CC#CC(CC(=O)O)c1ccc(OCc2ccc3sc(C)c(-c4ccc(OC5CCSC(O)(O)C5)cc4C)c3c2)cc1. The Morgan fingerprint density at radius 2 is 1.83 bits per heavy atom. The molecule has 5 rings (SSSR count). The fourth-order valence-electron chi connectivity index (χ4n) is 5.35. The zero-order valence-electron chi connectivity index (χ0n) is 23.8. The average Bonchev–Trinajstić information content (AvgIpc) is 3.26. The number of hydrogen-bond acceptors (Lipinski definition) is 7. The van der Waals surface area contributed by atoms with Gasteiger partial charge in [-0.2, -0.15) is 0 Å². The number of fused-ring (bicyclic) bond motifs is 1. The number of benzene rings is 3. The van der Waals surface area contributed by atoms with Crippen molar-refractivity contribution in [2.45, 2.75) is 63.8 Å². The quantitative estimate of drug-likeness (QED) is 0.137. The van der Waals surface area contributed by atoms with Crippen LogP contribution < -0.4 is 9.47 Å². The van der Waals surface area contributed by atoms with Crippen LogP contribution in [0.25, 0.3) is 21.2 Å². The molecule has 8 heteroatoms. The number of ether oxygens (including phenoxy) is 2. The van der Waals surface area contributed by atoms with Gasteiger partial charge in [0.15, 0.2) is 0 Å². The summed E-state index contributed by atoms with van der Waals surface area (Å²) in [5.74, 6) is 6.67. The van der Waals surface area contributed by atoms with Gasteiger partial charge in [0.2, 0.25) is 5.12 Å². The lowest BCUT2D eigenvalue weighted by Crippen LogP contribution is -2.37. The van der Waals surface area contributed by atoms with Crippen molar-refractivity contribution in [2.24, 2.45) is 0 Å². The molecule has 1 fully saturated rings. The molecule has 4 aromatic rings. The third-order valence-electron chi connectivity index (χ3n) is 7.35. The predicted molar refractivity (Wildman–Crippen MR) is 169 cm³/mol. The van der Waals surface area contributed by atoms with E-state index in [-0.39, 0.29) is 24.9 Å². The summed E-state index contributed by atoms with van der Waals surface area (Å²) in [6.45, 7) is 6.34.